The molecule has 6 nitrogen and oxygen atoms in total. The van der Waals surface area contributed by atoms with Gasteiger partial charge in [-0.05, 0) is 29.8 Å². The molecule has 28 heavy (non-hydrogen) atoms. The molecule has 2 aliphatic rings. The average Bonchev–Trinajstić information content (AvgIpc) is 3.40. The summed E-state index contributed by atoms with van der Waals surface area (Å²) in [6, 6.07) is 13.2. The number of carbonyl (C=O) groups excluding carboxylic acids is 1. The Balaban J connectivity index is 1.17. The second-order valence-corrected chi connectivity index (χ2v) is 8.61. The smallest absolute Gasteiger partial charge is 0.281 e. The van der Waals surface area contributed by atoms with Gasteiger partial charge in [0.25, 0.3) is 5.19 Å². The summed E-state index contributed by atoms with van der Waals surface area (Å²) in [5, 5.41) is 0.619. The Labute approximate surface area is 167 Å². The SMILES string of the molecule is CC(=O)N1CC2CC1C[NH+]2CCc1ccc(Oc2nc3cccnc3s2)cc1. The van der Waals surface area contributed by atoms with Crippen LogP contribution >= 0.6 is 11.3 Å². The molecule has 0 radical (unpaired) electrons. The van der Waals surface area contributed by atoms with Gasteiger partial charge in [-0.15, -0.1) is 0 Å². The summed E-state index contributed by atoms with van der Waals surface area (Å²) in [5.74, 6) is 1.03. The van der Waals surface area contributed by atoms with Gasteiger partial charge in [-0.25, -0.2) is 9.97 Å². The minimum atomic E-state index is 0.228. The first-order valence-corrected chi connectivity index (χ1v) is 10.6. The number of pyridine rings is 1. The van der Waals surface area contributed by atoms with Crippen molar-refractivity contribution in [1.82, 2.24) is 14.9 Å². The third-order valence-electron chi connectivity index (χ3n) is 5.90. The van der Waals surface area contributed by atoms with Crippen LogP contribution in [0.25, 0.3) is 10.3 Å². The predicted molar refractivity (Wildman–Crippen MR) is 108 cm³/mol. The van der Waals surface area contributed by atoms with E-state index in [1.54, 1.807) is 18.0 Å². The van der Waals surface area contributed by atoms with Crippen LogP contribution in [-0.4, -0.2) is 52.5 Å². The van der Waals surface area contributed by atoms with Crippen molar-refractivity contribution in [3.05, 3.63) is 48.2 Å². The van der Waals surface area contributed by atoms with E-state index in [0.29, 0.717) is 17.3 Å². The molecule has 144 valence electrons. The van der Waals surface area contributed by atoms with Gasteiger partial charge in [0.2, 0.25) is 5.91 Å². The predicted octanol–water partition coefficient (Wildman–Crippen LogP) is 1.91. The number of quaternary nitrogens is 1. The van der Waals surface area contributed by atoms with E-state index < -0.39 is 0 Å². The minimum Gasteiger partial charge on any atom is -0.431 e. The third-order valence-corrected chi connectivity index (χ3v) is 6.76. The molecule has 4 heterocycles. The van der Waals surface area contributed by atoms with E-state index in [0.717, 1.165) is 42.2 Å². The Morgan fingerprint density at radius 2 is 2.18 bits per heavy atom. The summed E-state index contributed by atoms with van der Waals surface area (Å²) < 4.78 is 5.90. The van der Waals surface area contributed by atoms with Crippen LogP contribution in [0.2, 0.25) is 0 Å². The van der Waals surface area contributed by atoms with Gasteiger partial charge in [0, 0.05) is 26.0 Å². The van der Waals surface area contributed by atoms with Crippen LogP contribution in [0.3, 0.4) is 0 Å². The maximum atomic E-state index is 11.6. The molecule has 2 aromatic heterocycles. The summed E-state index contributed by atoms with van der Waals surface area (Å²) in [6.07, 6.45) is 3.98. The molecule has 3 aromatic rings. The number of carbonyl (C=O) groups is 1. The average molecular weight is 396 g/mol. The summed E-state index contributed by atoms with van der Waals surface area (Å²) in [4.78, 5) is 25.0. The highest BCUT2D eigenvalue weighted by Gasteiger charge is 2.47. The van der Waals surface area contributed by atoms with Crippen LogP contribution in [0.5, 0.6) is 10.9 Å². The molecule has 0 spiro atoms. The highest BCUT2D eigenvalue weighted by molar-refractivity contribution is 7.19. The van der Waals surface area contributed by atoms with E-state index >= 15 is 0 Å². The molecular weight excluding hydrogens is 372 g/mol. The lowest BCUT2D eigenvalue weighted by molar-refractivity contribution is -0.916. The Morgan fingerprint density at radius 3 is 2.89 bits per heavy atom. The van der Waals surface area contributed by atoms with Crippen LogP contribution in [0.15, 0.2) is 42.6 Å². The molecule has 1 aromatic carbocycles. The lowest BCUT2D eigenvalue weighted by Gasteiger charge is -2.31. The monoisotopic (exact) mass is 395 g/mol. The maximum absolute atomic E-state index is 11.6. The molecule has 7 heteroatoms. The lowest BCUT2D eigenvalue weighted by atomic mass is 10.1. The van der Waals surface area contributed by atoms with Crippen LogP contribution < -0.4 is 9.64 Å². The molecule has 5 rings (SSSR count). The normalized spacial score (nSPS) is 23.5. The largest absolute Gasteiger partial charge is 0.431 e. The fourth-order valence-corrected chi connectivity index (χ4v) is 5.27. The number of piperazine rings is 1. The number of hydrogen-bond donors (Lipinski definition) is 1. The van der Waals surface area contributed by atoms with Gasteiger partial charge in [0.15, 0.2) is 0 Å². The number of nitrogens with one attached hydrogen (secondary N) is 1. The second-order valence-electron chi connectivity index (χ2n) is 7.67. The number of ether oxygens (including phenoxy) is 1. The van der Waals surface area contributed by atoms with Crippen LogP contribution in [0, 0.1) is 0 Å². The first kappa shape index (κ1) is 17.6. The molecule has 3 unspecified atom stereocenters. The van der Waals surface area contributed by atoms with Gasteiger partial charge in [-0.3, -0.25) is 4.79 Å². The van der Waals surface area contributed by atoms with E-state index in [1.807, 2.05) is 24.3 Å². The molecule has 2 fully saturated rings. The summed E-state index contributed by atoms with van der Waals surface area (Å²) in [5.41, 5.74) is 2.18. The van der Waals surface area contributed by atoms with Crippen molar-refractivity contribution in [3.8, 4) is 10.9 Å². The van der Waals surface area contributed by atoms with E-state index in [-0.39, 0.29) is 5.91 Å². The number of nitrogens with zero attached hydrogens (tertiary/aromatic N) is 3. The number of rotatable bonds is 5. The Morgan fingerprint density at radius 1 is 1.32 bits per heavy atom. The zero-order chi connectivity index (χ0) is 19.1. The number of benzene rings is 1. The number of hydrogen-bond acceptors (Lipinski definition) is 5. The number of amides is 1. The summed E-state index contributed by atoms with van der Waals surface area (Å²) >= 11 is 1.46. The van der Waals surface area contributed by atoms with Crippen molar-refractivity contribution in [2.45, 2.75) is 31.8 Å². The van der Waals surface area contributed by atoms with Gasteiger partial charge in [-0.1, -0.05) is 23.5 Å². The van der Waals surface area contributed by atoms with E-state index in [9.17, 15) is 4.79 Å². The van der Waals surface area contributed by atoms with Gasteiger partial charge >= 0.3 is 0 Å². The van der Waals surface area contributed by atoms with Crippen LogP contribution in [0.1, 0.15) is 18.9 Å². The van der Waals surface area contributed by atoms with Gasteiger partial charge in [0.1, 0.15) is 22.1 Å². The molecule has 2 saturated heterocycles. The molecule has 3 atom stereocenters. The molecule has 1 N–H and O–H groups in total. The molecular formula is C21H23N4O2S+. The van der Waals surface area contributed by atoms with E-state index in [1.165, 1.54) is 23.3 Å². The Kier molecular flexibility index (Phi) is 4.49. The zero-order valence-corrected chi connectivity index (χ0v) is 16.6. The Bertz CT molecular complexity index is 970. The van der Waals surface area contributed by atoms with Crippen molar-refractivity contribution in [2.24, 2.45) is 0 Å². The number of fused-ring (bicyclic) bond motifs is 3. The summed E-state index contributed by atoms with van der Waals surface area (Å²) in [6.45, 7) is 4.84. The van der Waals surface area contributed by atoms with Crippen molar-refractivity contribution < 1.29 is 14.4 Å². The minimum absolute atomic E-state index is 0.228. The lowest BCUT2D eigenvalue weighted by Crippen LogP contribution is -3.16. The topological polar surface area (TPSA) is 59.8 Å². The van der Waals surface area contributed by atoms with Crippen molar-refractivity contribution in [3.63, 3.8) is 0 Å². The molecule has 1 amide bonds. The van der Waals surface area contributed by atoms with Crippen molar-refractivity contribution in [1.29, 1.82) is 0 Å². The first-order chi connectivity index (χ1) is 13.7. The highest BCUT2D eigenvalue weighted by atomic mass is 32.1. The number of aromatic nitrogens is 2. The number of likely N-dealkylation sites (tertiary alicyclic amines) is 2. The van der Waals surface area contributed by atoms with Gasteiger partial charge in [-0.2, -0.15) is 0 Å². The third kappa shape index (κ3) is 3.36. The number of thiazole rings is 1. The molecule has 2 aliphatic heterocycles. The maximum Gasteiger partial charge on any atom is 0.281 e. The summed E-state index contributed by atoms with van der Waals surface area (Å²) in [7, 11) is 0. The first-order valence-electron chi connectivity index (χ1n) is 9.76. The Hall–Kier alpha value is -2.51. The molecule has 0 saturated carbocycles. The van der Waals surface area contributed by atoms with E-state index in [2.05, 4.69) is 27.0 Å². The fourth-order valence-electron chi connectivity index (χ4n) is 4.49. The van der Waals surface area contributed by atoms with Crippen molar-refractivity contribution in [2.75, 3.05) is 19.6 Å². The molecule has 0 aliphatic carbocycles. The quantitative estimate of drug-likeness (QED) is 0.717. The van der Waals surface area contributed by atoms with Gasteiger partial charge < -0.3 is 14.5 Å². The van der Waals surface area contributed by atoms with Crippen molar-refractivity contribution >= 4 is 27.6 Å². The van der Waals surface area contributed by atoms with Gasteiger partial charge in [0.05, 0.1) is 25.7 Å². The standard InChI is InChI=1S/C21H22N4O2S/c1-14(26)25-13-16-11-17(25)12-24(16)10-8-15-4-6-18(7-5-15)27-21-23-19-3-2-9-22-20(19)28-21/h2-7,9,16-17H,8,10-13H2,1H3/p+1. The van der Waals surface area contributed by atoms with E-state index in [4.69, 9.17) is 4.74 Å². The van der Waals surface area contributed by atoms with Crippen LogP contribution in [0.4, 0.5) is 0 Å². The highest BCUT2D eigenvalue weighted by Crippen LogP contribution is 2.30. The fraction of sp³-hybridized carbons (Fsp3) is 0.381. The molecule has 2 bridgehead atoms. The van der Waals surface area contributed by atoms with Crippen LogP contribution in [-0.2, 0) is 11.2 Å². The zero-order valence-electron chi connectivity index (χ0n) is 15.8. The second kappa shape index (κ2) is 7.14.